The summed E-state index contributed by atoms with van der Waals surface area (Å²) in [5, 5.41) is 10.3. The Morgan fingerprint density at radius 1 is 1.36 bits per heavy atom. The third-order valence-electron chi connectivity index (χ3n) is 2.82. The number of nitrogens with zero attached hydrogens (tertiary/aromatic N) is 1. The molecule has 1 aliphatic rings. The van der Waals surface area contributed by atoms with Gasteiger partial charge >= 0.3 is 0 Å². The first-order valence-electron chi connectivity index (χ1n) is 6.56. The van der Waals surface area contributed by atoms with Crippen LogP contribution < -0.4 is 14.8 Å². The Morgan fingerprint density at radius 2 is 2.18 bits per heavy atom. The van der Waals surface area contributed by atoms with Crippen LogP contribution in [-0.4, -0.2) is 24.9 Å². The number of nitrogens with one attached hydrogen (secondary N) is 1. The molecule has 2 rings (SSSR count). The highest BCUT2D eigenvalue weighted by atomic mass is 32.2. The maximum atomic E-state index is 11.5. The second-order valence-corrected chi connectivity index (χ2v) is 5.39. The van der Waals surface area contributed by atoms with Crippen LogP contribution in [-0.2, 0) is 4.79 Å². The van der Waals surface area contributed by atoms with E-state index in [9.17, 15) is 9.59 Å². The fourth-order valence-electron chi connectivity index (χ4n) is 1.80. The second kappa shape index (κ2) is 7.52. The van der Waals surface area contributed by atoms with Gasteiger partial charge in [0.1, 0.15) is 0 Å². The molecular weight excluding hydrogens is 304 g/mol. The van der Waals surface area contributed by atoms with Gasteiger partial charge in [0.15, 0.2) is 11.5 Å². The Labute approximate surface area is 132 Å². The van der Waals surface area contributed by atoms with Gasteiger partial charge in [0.2, 0.25) is 0 Å². The van der Waals surface area contributed by atoms with Crippen molar-refractivity contribution in [3.8, 4) is 17.6 Å². The molecule has 1 aromatic carbocycles. The van der Waals surface area contributed by atoms with Crippen molar-refractivity contribution in [2.75, 3.05) is 13.7 Å². The predicted molar refractivity (Wildman–Crippen MR) is 82.4 cm³/mol. The highest BCUT2D eigenvalue weighted by Gasteiger charge is 2.25. The number of methoxy groups -OCH3 is 1. The molecule has 6 nitrogen and oxygen atoms in total. The smallest absolute Gasteiger partial charge is 0.290 e. The lowest BCUT2D eigenvalue weighted by molar-refractivity contribution is -0.115. The van der Waals surface area contributed by atoms with E-state index < -0.39 is 5.91 Å². The molecule has 1 fully saturated rings. The van der Waals surface area contributed by atoms with Gasteiger partial charge in [0.25, 0.3) is 11.1 Å². The molecule has 0 spiro atoms. The molecule has 114 valence electrons. The molecule has 0 bridgehead atoms. The van der Waals surface area contributed by atoms with Gasteiger partial charge in [-0.25, -0.2) is 0 Å². The largest absolute Gasteiger partial charge is 0.493 e. The maximum absolute atomic E-state index is 11.5. The summed E-state index contributed by atoms with van der Waals surface area (Å²) in [5.74, 6) is 0.703. The van der Waals surface area contributed by atoms with E-state index in [4.69, 9.17) is 14.7 Å². The number of thioether (sulfide) groups is 1. The number of ether oxygens (including phenoxy) is 2. The van der Waals surface area contributed by atoms with E-state index in [1.54, 1.807) is 24.3 Å². The number of amides is 2. The topological polar surface area (TPSA) is 88.4 Å². The van der Waals surface area contributed by atoms with Crippen LogP contribution in [0.4, 0.5) is 4.79 Å². The molecule has 1 aliphatic heterocycles. The van der Waals surface area contributed by atoms with Gasteiger partial charge in [-0.2, -0.15) is 5.26 Å². The second-order valence-electron chi connectivity index (χ2n) is 4.37. The molecule has 0 aliphatic carbocycles. The summed E-state index contributed by atoms with van der Waals surface area (Å²) in [6.45, 7) is 0.428. The number of nitriles is 1. The number of benzene rings is 1. The molecule has 0 atom stereocenters. The van der Waals surface area contributed by atoms with Crippen molar-refractivity contribution in [2.45, 2.75) is 12.8 Å². The zero-order valence-corrected chi connectivity index (χ0v) is 12.7. The van der Waals surface area contributed by atoms with Crippen LogP contribution in [0, 0.1) is 11.3 Å². The molecule has 22 heavy (non-hydrogen) atoms. The number of hydrogen-bond acceptors (Lipinski definition) is 6. The van der Waals surface area contributed by atoms with Gasteiger partial charge < -0.3 is 9.47 Å². The zero-order valence-electron chi connectivity index (χ0n) is 11.9. The standard InChI is InChI=1S/C15H14N2O4S/c1-20-12-8-10(9-13-14(18)17-15(19)22-13)4-5-11(12)21-7-3-2-6-16/h4-5,8-9H,2-3,7H2,1H3,(H,17,18,19). The maximum Gasteiger partial charge on any atom is 0.290 e. The van der Waals surface area contributed by atoms with Crippen molar-refractivity contribution < 1.29 is 19.1 Å². The minimum absolute atomic E-state index is 0.342. The number of carbonyl (C=O) groups excluding carboxylic acids is 2. The number of hydrogen-bond donors (Lipinski definition) is 1. The number of imide groups is 1. The molecule has 0 saturated carbocycles. The van der Waals surface area contributed by atoms with Gasteiger partial charge in [-0.15, -0.1) is 0 Å². The van der Waals surface area contributed by atoms with Crippen molar-refractivity contribution in [3.05, 3.63) is 28.7 Å². The minimum Gasteiger partial charge on any atom is -0.493 e. The number of rotatable bonds is 6. The van der Waals surface area contributed by atoms with Crippen molar-refractivity contribution in [2.24, 2.45) is 0 Å². The molecule has 0 unspecified atom stereocenters. The summed E-state index contributed by atoms with van der Waals surface area (Å²) in [6.07, 6.45) is 2.70. The van der Waals surface area contributed by atoms with Gasteiger partial charge in [-0.1, -0.05) is 6.07 Å². The molecular formula is C15H14N2O4S. The van der Waals surface area contributed by atoms with Crippen molar-refractivity contribution in [3.63, 3.8) is 0 Å². The minimum atomic E-state index is -0.397. The molecule has 1 saturated heterocycles. The Kier molecular flexibility index (Phi) is 5.44. The van der Waals surface area contributed by atoms with Crippen molar-refractivity contribution in [1.29, 1.82) is 5.26 Å². The summed E-state index contributed by atoms with van der Waals surface area (Å²) in [6, 6.07) is 7.28. The fourth-order valence-corrected chi connectivity index (χ4v) is 2.48. The van der Waals surface area contributed by atoms with Crippen molar-refractivity contribution in [1.82, 2.24) is 5.32 Å². The van der Waals surface area contributed by atoms with Gasteiger partial charge in [0.05, 0.1) is 24.7 Å². The third kappa shape index (κ3) is 4.02. The summed E-state index contributed by atoms with van der Waals surface area (Å²) in [5.41, 5.74) is 0.730. The Hall–Kier alpha value is -2.46. The number of carbonyl (C=O) groups is 2. The van der Waals surface area contributed by atoms with E-state index in [1.165, 1.54) is 7.11 Å². The van der Waals surface area contributed by atoms with Gasteiger partial charge in [-0.3, -0.25) is 14.9 Å². The van der Waals surface area contributed by atoms with E-state index in [-0.39, 0.29) is 5.24 Å². The lowest BCUT2D eigenvalue weighted by Crippen LogP contribution is -2.17. The molecule has 1 heterocycles. The average molecular weight is 318 g/mol. The monoisotopic (exact) mass is 318 g/mol. The SMILES string of the molecule is COc1cc(C=C2SC(=O)NC2=O)ccc1OCCCC#N. The van der Waals surface area contributed by atoms with Crippen LogP contribution in [0.15, 0.2) is 23.1 Å². The lowest BCUT2D eigenvalue weighted by Gasteiger charge is -2.10. The Bertz CT molecular complexity index is 664. The predicted octanol–water partition coefficient (Wildman–Crippen LogP) is 2.70. The molecule has 0 radical (unpaired) electrons. The zero-order chi connectivity index (χ0) is 15.9. The van der Waals surface area contributed by atoms with E-state index >= 15 is 0 Å². The van der Waals surface area contributed by atoms with E-state index in [0.29, 0.717) is 35.9 Å². The van der Waals surface area contributed by atoms with Crippen LogP contribution in [0.3, 0.4) is 0 Å². The Morgan fingerprint density at radius 3 is 2.82 bits per heavy atom. The average Bonchev–Trinajstić information content (AvgIpc) is 2.82. The van der Waals surface area contributed by atoms with Gasteiger partial charge in [0, 0.05) is 6.42 Å². The summed E-state index contributed by atoms with van der Waals surface area (Å²) < 4.78 is 10.8. The van der Waals surface area contributed by atoms with Crippen LogP contribution >= 0.6 is 11.8 Å². The first-order valence-corrected chi connectivity index (χ1v) is 7.38. The highest BCUT2D eigenvalue weighted by Crippen LogP contribution is 2.31. The normalized spacial score (nSPS) is 15.5. The lowest BCUT2D eigenvalue weighted by atomic mass is 10.2. The van der Waals surface area contributed by atoms with Crippen LogP contribution in [0.5, 0.6) is 11.5 Å². The molecule has 1 aromatic rings. The molecule has 1 N–H and O–H groups in total. The third-order valence-corrected chi connectivity index (χ3v) is 3.63. The first kappa shape index (κ1) is 15.9. The quantitative estimate of drug-likeness (QED) is 0.641. The van der Waals surface area contributed by atoms with Crippen LogP contribution in [0.2, 0.25) is 0 Å². The Balaban J connectivity index is 2.12. The summed E-state index contributed by atoms with van der Waals surface area (Å²) in [4.78, 5) is 23.0. The molecule has 7 heteroatoms. The fraction of sp³-hybridized carbons (Fsp3) is 0.267. The number of unbranched alkanes of at least 4 members (excludes halogenated alkanes) is 1. The summed E-state index contributed by atoms with van der Waals surface area (Å²) >= 11 is 0.864. The van der Waals surface area contributed by atoms with E-state index in [1.807, 2.05) is 0 Å². The highest BCUT2D eigenvalue weighted by molar-refractivity contribution is 8.18. The van der Waals surface area contributed by atoms with E-state index in [0.717, 1.165) is 17.3 Å². The van der Waals surface area contributed by atoms with Gasteiger partial charge in [-0.05, 0) is 42.0 Å². The van der Waals surface area contributed by atoms with Crippen molar-refractivity contribution >= 4 is 29.0 Å². The summed E-state index contributed by atoms with van der Waals surface area (Å²) in [7, 11) is 1.52. The van der Waals surface area contributed by atoms with E-state index in [2.05, 4.69) is 11.4 Å². The molecule has 0 aromatic heterocycles. The molecule has 2 amide bonds. The van der Waals surface area contributed by atoms with Crippen LogP contribution in [0.1, 0.15) is 18.4 Å². The first-order chi connectivity index (χ1) is 10.6. The van der Waals surface area contributed by atoms with Crippen LogP contribution in [0.25, 0.3) is 6.08 Å².